The molecule has 8 heteroatoms. The third kappa shape index (κ3) is 3.91. The van der Waals surface area contributed by atoms with E-state index in [0.717, 1.165) is 36.3 Å². The Bertz CT molecular complexity index is 1120. The number of imidazole rings is 1. The highest BCUT2D eigenvalue weighted by atomic mass is 35.5. The number of benzene rings is 1. The van der Waals surface area contributed by atoms with Crippen LogP contribution in [0.4, 0.5) is 0 Å². The molecule has 0 bridgehead atoms. The van der Waals surface area contributed by atoms with E-state index in [1.165, 1.54) is 0 Å². The predicted octanol–water partition coefficient (Wildman–Crippen LogP) is 4.31. The molecule has 6 nitrogen and oxygen atoms in total. The Morgan fingerprint density at radius 1 is 1.14 bits per heavy atom. The van der Waals surface area contributed by atoms with Gasteiger partial charge >= 0.3 is 0 Å². The zero-order chi connectivity index (χ0) is 20.6. The molecule has 0 saturated carbocycles. The van der Waals surface area contributed by atoms with Crippen molar-refractivity contribution in [2.45, 2.75) is 44.0 Å². The van der Waals surface area contributed by atoms with Crippen LogP contribution in [0.2, 0.25) is 5.02 Å². The maximum absolute atomic E-state index is 13.0. The van der Waals surface area contributed by atoms with E-state index < -0.39 is 10.0 Å². The largest absolute Gasteiger partial charge is 0.309 e. The Kier molecular flexibility index (Phi) is 5.64. The lowest BCUT2D eigenvalue weighted by Crippen LogP contribution is -2.39. The highest BCUT2D eigenvalue weighted by molar-refractivity contribution is 7.89. The Morgan fingerprint density at radius 3 is 2.55 bits per heavy atom. The maximum Gasteiger partial charge on any atom is 0.244 e. The highest BCUT2D eigenvalue weighted by Gasteiger charge is 2.32. The lowest BCUT2D eigenvalue weighted by molar-refractivity contribution is 0.272. The normalized spacial score (nSPS) is 16.7. The summed E-state index contributed by atoms with van der Waals surface area (Å²) in [5.41, 5.74) is 1.78. The summed E-state index contributed by atoms with van der Waals surface area (Å²) in [5, 5.41) is 0.263. The van der Waals surface area contributed by atoms with Crippen LogP contribution in [-0.2, 0) is 16.4 Å². The van der Waals surface area contributed by atoms with Gasteiger partial charge in [0.2, 0.25) is 10.0 Å². The molecule has 0 spiro atoms. The van der Waals surface area contributed by atoms with Crippen molar-refractivity contribution in [3.63, 3.8) is 0 Å². The number of rotatable bonds is 5. The molecule has 0 amide bonds. The minimum atomic E-state index is -3.60. The first-order valence-corrected chi connectivity index (χ1v) is 11.8. The fraction of sp³-hybridized carbons (Fsp3) is 0.429. The zero-order valence-electron chi connectivity index (χ0n) is 16.6. The first kappa shape index (κ1) is 20.3. The molecule has 3 heterocycles. The van der Waals surface area contributed by atoms with Gasteiger partial charge in [0.15, 0.2) is 5.65 Å². The van der Waals surface area contributed by atoms with Crippen LogP contribution >= 0.6 is 11.6 Å². The Hall–Kier alpha value is -1.96. The highest BCUT2D eigenvalue weighted by Crippen LogP contribution is 2.32. The Morgan fingerprint density at radius 2 is 1.86 bits per heavy atom. The average Bonchev–Trinajstić information content (AvgIpc) is 3.05. The van der Waals surface area contributed by atoms with E-state index in [1.807, 2.05) is 12.1 Å². The lowest BCUT2D eigenvalue weighted by Gasteiger charge is -2.33. The fourth-order valence-corrected chi connectivity index (χ4v) is 5.97. The van der Waals surface area contributed by atoms with Gasteiger partial charge in [-0.3, -0.25) is 0 Å². The van der Waals surface area contributed by atoms with E-state index in [1.54, 1.807) is 34.8 Å². The molecule has 0 aliphatic carbocycles. The van der Waals surface area contributed by atoms with E-state index in [0.29, 0.717) is 19.0 Å². The summed E-state index contributed by atoms with van der Waals surface area (Å²) in [4.78, 5) is 9.54. The number of hydrogen-bond donors (Lipinski definition) is 0. The number of piperidine rings is 1. The monoisotopic (exact) mass is 432 g/mol. The number of nitrogens with zero attached hydrogens (tertiary/aromatic N) is 4. The van der Waals surface area contributed by atoms with Gasteiger partial charge in [-0.2, -0.15) is 4.31 Å². The number of pyridine rings is 1. The summed E-state index contributed by atoms with van der Waals surface area (Å²) in [6.45, 7) is 5.25. The second kappa shape index (κ2) is 8.05. The van der Waals surface area contributed by atoms with Crippen molar-refractivity contribution in [1.29, 1.82) is 0 Å². The van der Waals surface area contributed by atoms with Crippen molar-refractivity contribution in [3.05, 3.63) is 53.4 Å². The fourth-order valence-electron chi connectivity index (χ4n) is 4.00. The second-order valence-electron chi connectivity index (χ2n) is 7.91. The van der Waals surface area contributed by atoms with Crippen LogP contribution in [0.15, 0.2) is 47.5 Å². The van der Waals surface area contributed by atoms with Gasteiger partial charge in [0.25, 0.3) is 0 Å². The summed E-state index contributed by atoms with van der Waals surface area (Å²) >= 11 is 6.15. The van der Waals surface area contributed by atoms with Gasteiger partial charge in [0.1, 0.15) is 16.2 Å². The zero-order valence-corrected chi connectivity index (χ0v) is 18.2. The molecule has 1 aliphatic heterocycles. The van der Waals surface area contributed by atoms with Crippen LogP contribution in [0.3, 0.4) is 0 Å². The van der Waals surface area contributed by atoms with Gasteiger partial charge < -0.3 is 4.57 Å². The minimum Gasteiger partial charge on any atom is -0.309 e. The quantitative estimate of drug-likeness (QED) is 0.602. The molecule has 1 aromatic carbocycles. The molecule has 2 aromatic heterocycles. The standard InChI is InChI=1S/C21H25ClN4O2S/c1-15(2)14-20-24-18-7-5-11-23-21(18)26(20)16-9-12-25(13-10-16)29(27,28)19-8-4-3-6-17(19)22/h3-8,11,15-16H,9-10,12-14H2,1-2H3. The van der Waals surface area contributed by atoms with Gasteiger partial charge in [0, 0.05) is 31.7 Å². The molecular weight excluding hydrogens is 408 g/mol. The van der Waals surface area contributed by atoms with Crippen molar-refractivity contribution in [1.82, 2.24) is 18.8 Å². The Labute approximate surface area is 176 Å². The molecule has 0 N–H and O–H groups in total. The average molecular weight is 433 g/mol. The summed E-state index contributed by atoms with van der Waals surface area (Å²) in [5.74, 6) is 1.51. The van der Waals surface area contributed by atoms with Crippen LogP contribution in [0.1, 0.15) is 38.6 Å². The van der Waals surface area contributed by atoms with Crippen LogP contribution in [-0.4, -0.2) is 40.3 Å². The predicted molar refractivity (Wildman–Crippen MR) is 115 cm³/mol. The third-order valence-corrected chi connectivity index (χ3v) is 7.75. The van der Waals surface area contributed by atoms with Crippen LogP contribution < -0.4 is 0 Å². The van der Waals surface area contributed by atoms with Crippen molar-refractivity contribution >= 4 is 32.8 Å². The van der Waals surface area contributed by atoms with Crippen LogP contribution in [0, 0.1) is 5.92 Å². The van der Waals surface area contributed by atoms with E-state index in [2.05, 4.69) is 23.4 Å². The van der Waals surface area contributed by atoms with E-state index >= 15 is 0 Å². The first-order chi connectivity index (χ1) is 13.9. The molecule has 0 unspecified atom stereocenters. The number of fused-ring (bicyclic) bond motifs is 1. The van der Waals surface area contributed by atoms with Crippen LogP contribution in [0.25, 0.3) is 11.2 Å². The molecule has 1 saturated heterocycles. The van der Waals surface area contributed by atoms with Crippen molar-refractivity contribution < 1.29 is 8.42 Å². The lowest BCUT2D eigenvalue weighted by atomic mass is 10.1. The van der Waals surface area contributed by atoms with Gasteiger partial charge in [-0.05, 0) is 43.0 Å². The summed E-state index contributed by atoms with van der Waals surface area (Å²) < 4.78 is 29.8. The SMILES string of the molecule is CC(C)Cc1nc2cccnc2n1C1CCN(S(=O)(=O)c2ccccc2Cl)CC1. The van der Waals surface area contributed by atoms with Crippen molar-refractivity contribution in [3.8, 4) is 0 Å². The van der Waals surface area contributed by atoms with E-state index in [4.69, 9.17) is 16.6 Å². The first-order valence-electron chi connectivity index (χ1n) is 9.94. The van der Waals surface area contributed by atoms with E-state index in [-0.39, 0.29) is 16.0 Å². The van der Waals surface area contributed by atoms with Crippen molar-refractivity contribution in [2.75, 3.05) is 13.1 Å². The van der Waals surface area contributed by atoms with Gasteiger partial charge in [-0.15, -0.1) is 0 Å². The molecule has 154 valence electrons. The van der Waals surface area contributed by atoms with Crippen molar-refractivity contribution in [2.24, 2.45) is 5.92 Å². The molecule has 29 heavy (non-hydrogen) atoms. The minimum absolute atomic E-state index is 0.176. The summed E-state index contributed by atoms with van der Waals surface area (Å²) in [7, 11) is -3.60. The third-order valence-electron chi connectivity index (χ3n) is 5.36. The molecule has 0 atom stereocenters. The molecular formula is C21H25ClN4O2S. The van der Waals surface area contributed by atoms with E-state index in [9.17, 15) is 8.42 Å². The maximum atomic E-state index is 13.0. The Balaban J connectivity index is 1.60. The molecule has 1 fully saturated rings. The van der Waals surface area contributed by atoms with Gasteiger partial charge in [0.05, 0.1) is 5.02 Å². The second-order valence-corrected chi connectivity index (χ2v) is 10.2. The van der Waals surface area contributed by atoms with Gasteiger partial charge in [-0.25, -0.2) is 18.4 Å². The smallest absolute Gasteiger partial charge is 0.244 e. The number of aromatic nitrogens is 3. The molecule has 3 aromatic rings. The number of halogens is 1. The molecule has 4 rings (SSSR count). The molecule has 1 aliphatic rings. The number of hydrogen-bond acceptors (Lipinski definition) is 4. The summed E-state index contributed by atoms with van der Waals surface area (Å²) in [6, 6.07) is 10.7. The van der Waals surface area contributed by atoms with Crippen LogP contribution in [0.5, 0.6) is 0 Å². The number of sulfonamides is 1. The topological polar surface area (TPSA) is 68.1 Å². The molecule has 0 radical (unpaired) electrons. The van der Waals surface area contributed by atoms with Gasteiger partial charge in [-0.1, -0.05) is 37.6 Å². The summed E-state index contributed by atoms with van der Waals surface area (Å²) in [6.07, 6.45) is 4.10.